The number of rotatable bonds is 5. The van der Waals surface area contributed by atoms with Crippen LogP contribution in [-0.4, -0.2) is 18.1 Å². The van der Waals surface area contributed by atoms with E-state index in [0.717, 1.165) is 6.07 Å². The molecule has 0 heterocycles. The third-order valence-corrected chi connectivity index (χ3v) is 3.38. The van der Waals surface area contributed by atoms with Crippen LogP contribution in [0.2, 0.25) is 0 Å². The van der Waals surface area contributed by atoms with Gasteiger partial charge in [-0.3, -0.25) is 4.79 Å². The summed E-state index contributed by atoms with van der Waals surface area (Å²) in [5, 5.41) is 11.8. The second-order valence-corrected chi connectivity index (χ2v) is 5.55. The SMILES string of the molecule is CC(C#N)(COc1ccccc1C(F)(F)F)NC(=O)c1ccccc1. The molecule has 0 spiro atoms. The largest absolute Gasteiger partial charge is 0.489 e. The van der Waals surface area contributed by atoms with Gasteiger partial charge in [0.15, 0.2) is 5.54 Å². The highest BCUT2D eigenvalue weighted by Gasteiger charge is 2.35. The van der Waals surface area contributed by atoms with Gasteiger partial charge in [0.2, 0.25) is 0 Å². The number of carbonyl (C=O) groups is 1. The molecule has 1 amide bonds. The van der Waals surface area contributed by atoms with Gasteiger partial charge in [-0.05, 0) is 31.2 Å². The Morgan fingerprint density at radius 3 is 2.32 bits per heavy atom. The number of nitriles is 1. The van der Waals surface area contributed by atoms with Gasteiger partial charge in [-0.15, -0.1) is 0 Å². The molecular formula is C18H15F3N2O2. The number of para-hydroxylation sites is 1. The van der Waals surface area contributed by atoms with Crippen LogP contribution < -0.4 is 10.1 Å². The number of nitrogens with zero attached hydrogens (tertiary/aromatic N) is 1. The lowest BCUT2D eigenvalue weighted by Crippen LogP contribution is -2.49. The fourth-order valence-corrected chi connectivity index (χ4v) is 2.06. The third-order valence-electron chi connectivity index (χ3n) is 3.38. The van der Waals surface area contributed by atoms with Gasteiger partial charge in [-0.1, -0.05) is 30.3 Å². The molecule has 0 radical (unpaired) electrons. The van der Waals surface area contributed by atoms with E-state index in [1.807, 2.05) is 6.07 Å². The summed E-state index contributed by atoms with van der Waals surface area (Å²) in [6.07, 6.45) is -4.58. The Labute approximate surface area is 142 Å². The van der Waals surface area contributed by atoms with Crippen molar-refractivity contribution in [2.45, 2.75) is 18.6 Å². The van der Waals surface area contributed by atoms with E-state index in [9.17, 15) is 23.2 Å². The first-order chi connectivity index (χ1) is 11.7. The van der Waals surface area contributed by atoms with Crippen LogP contribution >= 0.6 is 0 Å². The van der Waals surface area contributed by atoms with Crippen LogP contribution in [0.25, 0.3) is 0 Å². The van der Waals surface area contributed by atoms with Gasteiger partial charge in [-0.25, -0.2) is 0 Å². The number of hydrogen-bond acceptors (Lipinski definition) is 3. The molecule has 0 aliphatic carbocycles. The molecule has 0 saturated carbocycles. The van der Waals surface area contributed by atoms with Crippen LogP contribution in [0.3, 0.4) is 0 Å². The van der Waals surface area contributed by atoms with Gasteiger partial charge in [0, 0.05) is 5.56 Å². The molecule has 25 heavy (non-hydrogen) atoms. The summed E-state index contributed by atoms with van der Waals surface area (Å²) in [7, 11) is 0. The molecule has 2 rings (SSSR count). The number of benzene rings is 2. The lowest BCUT2D eigenvalue weighted by atomic mass is 10.0. The normalized spacial score (nSPS) is 13.4. The van der Waals surface area contributed by atoms with E-state index in [0.29, 0.717) is 5.56 Å². The maximum absolute atomic E-state index is 13.0. The average molecular weight is 348 g/mol. The first kappa shape index (κ1) is 18.3. The summed E-state index contributed by atoms with van der Waals surface area (Å²) in [4.78, 5) is 12.2. The van der Waals surface area contributed by atoms with Crippen LogP contribution in [0.15, 0.2) is 54.6 Å². The Hall–Kier alpha value is -3.01. The second kappa shape index (κ2) is 7.26. The molecule has 2 aromatic rings. The molecule has 0 aliphatic heterocycles. The number of amides is 1. The van der Waals surface area contributed by atoms with Crippen molar-refractivity contribution in [1.29, 1.82) is 5.26 Å². The number of carbonyl (C=O) groups excluding carboxylic acids is 1. The van der Waals surface area contributed by atoms with E-state index in [1.165, 1.54) is 25.1 Å². The van der Waals surface area contributed by atoms with Crippen molar-refractivity contribution in [3.8, 4) is 11.8 Å². The van der Waals surface area contributed by atoms with Crippen LogP contribution in [0.4, 0.5) is 13.2 Å². The van der Waals surface area contributed by atoms with Gasteiger partial charge in [0.25, 0.3) is 5.91 Å². The van der Waals surface area contributed by atoms with E-state index in [2.05, 4.69) is 5.32 Å². The summed E-state index contributed by atoms with van der Waals surface area (Å²) in [6, 6.07) is 14.8. The maximum atomic E-state index is 13.0. The zero-order valence-corrected chi connectivity index (χ0v) is 13.3. The van der Waals surface area contributed by atoms with Gasteiger partial charge in [-0.2, -0.15) is 18.4 Å². The summed E-state index contributed by atoms with van der Waals surface area (Å²) >= 11 is 0. The van der Waals surface area contributed by atoms with E-state index in [-0.39, 0.29) is 0 Å². The molecule has 0 saturated heterocycles. The molecule has 1 atom stereocenters. The molecule has 1 unspecified atom stereocenters. The topological polar surface area (TPSA) is 62.1 Å². The van der Waals surface area contributed by atoms with E-state index in [4.69, 9.17) is 4.74 Å². The zero-order valence-electron chi connectivity index (χ0n) is 13.3. The summed E-state index contributed by atoms with van der Waals surface area (Å²) < 4.78 is 44.1. The predicted molar refractivity (Wildman–Crippen MR) is 84.9 cm³/mol. The number of alkyl halides is 3. The molecule has 1 N–H and O–H groups in total. The Morgan fingerprint density at radius 1 is 1.12 bits per heavy atom. The van der Waals surface area contributed by atoms with E-state index < -0.39 is 35.5 Å². The van der Waals surface area contributed by atoms with Gasteiger partial charge in [0.1, 0.15) is 12.4 Å². The van der Waals surface area contributed by atoms with Crippen LogP contribution in [-0.2, 0) is 6.18 Å². The maximum Gasteiger partial charge on any atom is 0.419 e. The zero-order chi connectivity index (χ0) is 18.5. The lowest BCUT2D eigenvalue weighted by Gasteiger charge is -2.24. The van der Waals surface area contributed by atoms with Crippen LogP contribution in [0, 0.1) is 11.3 Å². The number of halogens is 3. The Bertz CT molecular complexity index is 785. The summed E-state index contributed by atoms with van der Waals surface area (Å²) in [6.45, 7) is 0.944. The van der Waals surface area contributed by atoms with Crippen molar-refractivity contribution >= 4 is 5.91 Å². The highest BCUT2D eigenvalue weighted by atomic mass is 19.4. The van der Waals surface area contributed by atoms with Crippen molar-refractivity contribution in [3.63, 3.8) is 0 Å². The van der Waals surface area contributed by atoms with Crippen LogP contribution in [0.1, 0.15) is 22.8 Å². The summed E-state index contributed by atoms with van der Waals surface area (Å²) in [5.41, 5.74) is -2.10. The van der Waals surface area contributed by atoms with Gasteiger partial charge in [0.05, 0.1) is 11.6 Å². The Balaban J connectivity index is 2.12. The molecule has 2 aromatic carbocycles. The number of hydrogen-bond donors (Lipinski definition) is 1. The van der Waals surface area contributed by atoms with Crippen molar-refractivity contribution in [2.75, 3.05) is 6.61 Å². The molecule has 0 bridgehead atoms. The van der Waals surface area contributed by atoms with Gasteiger partial charge < -0.3 is 10.1 Å². The smallest absolute Gasteiger partial charge is 0.419 e. The molecule has 7 heteroatoms. The second-order valence-electron chi connectivity index (χ2n) is 5.55. The summed E-state index contributed by atoms with van der Waals surface area (Å²) in [5.74, 6) is -0.914. The fourth-order valence-electron chi connectivity index (χ4n) is 2.06. The molecule has 0 fully saturated rings. The average Bonchev–Trinajstić information content (AvgIpc) is 2.60. The van der Waals surface area contributed by atoms with E-state index in [1.54, 1.807) is 30.3 Å². The Kier molecular flexibility index (Phi) is 5.32. The minimum absolute atomic E-state index is 0.333. The van der Waals surface area contributed by atoms with Crippen molar-refractivity contribution < 1.29 is 22.7 Å². The van der Waals surface area contributed by atoms with Crippen molar-refractivity contribution in [2.24, 2.45) is 0 Å². The highest BCUT2D eigenvalue weighted by Crippen LogP contribution is 2.36. The van der Waals surface area contributed by atoms with Crippen molar-refractivity contribution in [1.82, 2.24) is 5.32 Å². The van der Waals surface area contributed by atoms with E-state index >= 15 is 0 Å². The lowest BCUT2D eigenvalue weighted by molar-refractivity contribution is -0.139. The third kappa shape index (κ3) is 4.73. The molecule has 130 valence electrons. The Morgan fingerprint density at radius 2 is 1.72 bits per heavy atom. The van der Waals surface area contributed by atoms with Gasteiger partial charge >= 0.3 is 6.18 Å². The predicted octanol–water partition coefficient (Wildman–Crippen LogP) is 3.80. The first-order valence-corrected chi connectivity index (χ1v) is 7.33. The minimum atomic E-state index is -4.58. The number of ether oxygens (including phenoxy) is 1. The quantitative estimate of drug-likeness (QED) is 0.894. The van der Waals surface area contributed by atoms with Crippen molar-refractivity contribution in [3.05, 3.63) is 65.7 Å². The molecular weight excluding hydrogens is 333 g/mol. The molecule has 0 aliphatic rings. The molecule has 4 nitrogen and oxygen atoms in total. The first-order valence-electron chi connectivity index (χ1n) is 7.33. The molecule has 0 aromatic heterocycles. The highest BCUT2D eigenvalue weighted by molar-refractivity contribution is 5.94. The van der Waals surface area contributed by atoms with Crippen LogP contribution in [0.5, 0.6) is 5.75 Å². The minimum Gasteiger partial charge on any atom is -0.489 e. The fraction of sp³-hybridized carbons (Fsp3) is 0.222. The standard InChI is InChI=1S/C18H15F3N2O2/c1-17(11-22,23-16(24)13-7-3-2-4-8-13)12-25-15-10-6-5-9-14(15)18(19,20)21/h2-10H,12H2,1H3,(H,23,24). The monoisotopic (exact) mass is 348 g/mol. The number of nitrogens with one attached hydrogen (secondary N) is 1.